The fourth-order valence-corrected chi connectivity index (χ4v) is 4.80. The second-order valence-electron chi connectivity index (χ2n) is 7.31. The molecule has 0 radical (unpaired) electrons. The van der Waals surface area contributed by atoms with E-state index in [0.29, 0.717) is 21.9 Å². The van der Waals surface area contributed by atoms with Crippen molar-refractivity contribution in [3.8, 4) is 5.75 Å². The number of halogens is 1. The molecule has 7 nitrogen and oxygen atoms in total. The van der Waals surface area contributed by atoms with Gasteiger partial charge in [-0.05, 0) is 49.2 Å². The molecule has 1 heterocycles. The standard InChI is InChI=1S/C22H24ClN3O4S/c1-15(2)26-31(28,29)14-17-7-4-3-6-16(17)12-25-21(27)13-30-20-10-9-19(23)18-8-5-11-24-22(18)20/h3-11,15,26H,12-14H2,1-2H3,(H,25,27). The summed E-state index contributed by atoms with van der Waals surface area (Å²) in [7, 11) is -3.47. The highest BCUT2D eigenvalue weighted by molar-refractivity contribution is 7.88. The predicted octanol–water partition coefficient (Wildman–Crippen LogP) is 3.41. The summed E-state index contributed by atoms with van der Waals surface area (Å²) >= 11 is 6.18. The van der Waals surface area contributed by atoms with E-state index in [1.807, 2.05) is 6.07 Å². The number of carbonyl (C=O) groups is 1. The summed E-state index contributed by atoms with van der Waals surface area (Å²) in [6.07, 6.45) is 1.63. The maximum Gasteiger partial charge on any atom is 0.258 e. The average molecular weight is 462 g/mol. The fraction of sp³-hybridized carbons (Fsp3) is 0.273. The van der Waals surface area contributed by atoms with Crippen molar-refractivity contribution in [2.75, 3.05) is 6.61 Å². The quantitative estimate of drug-likeness (QED) is 0.509. The smallest absolute Gasteiger partial charge is 0.258 e. The van der Waals surface area contributed by atoms with Crippen LogP contribution in [-0.2, 0) is 27.1 Å². The molecule has 1 amide bonds. The molecule has 164 valence electrons. The summed E-state index contributed by atoms with van der Waals surface area (Å²) in [6, 6.07) is 13.9. The highest BCUT2D eigenvalue weighted by atomic mass is 35.5. The van der Waals surface area contributed by atoms with Crippen LogP contribution in [0.2, 0.25) is 5.02 Å². The lowest BCUT2D eigenvalue weighted by Crippen LogP contribution is -2.32. The van der Waals surface area contributed by atoms with Crippen LogP contribution in [0.1, 0.15) is 25.0 Å². The fourth-order valence-electron chi connectivity index (χ4n) is 3.09. The van der Waals surface area contributed by atoms with E-state index in [-0.39, 0.29) is 30.9 Å². The lowest BCUT2D eigenvalue weighted by molar-refractivity contribution is -0.123. The lowest BCUT2D eigenvalue weighted by atomic mass is 10.1. The molecular formula is C22H24ClN3O4S. The number of amides is 1. The Bertz CT molecular complexity index is 1180. The van der Waals surface area contributed by atoms with E-state index >= 15 is 0 Å². The Kier molecular flexibility index (Phi) is 7.48. The van der Waals surface area contributed by atoms with Gasteiger partial charge in [0.15, 0.2) is 6.61 Å². The number of fused-ring (bicyclic) bond motifs is 1. The van der Waals surface area contributed by atoms with Gasteiger partial charge >= 0.3 is 0 Å². The number of hydrogen-bond acceptors (Lipinski definition) is 5. The van der Waals surface area contributed by atoms with Gasteiger partial charge in [-0.15, -0.1) is 0 Å². The van der Waals surface area contributed by atoms with Crippen molar-refractivity contribution in [3.63, 3.8) is 0 Å². The molecule has 0 saturated heterocycles. The molecule has 1 aromatic heterocycles. The number of rotatable bonds is 9. The summed E-state index contributed by atoms with van der Waals surface area (Å²) in [5, 5.41) is 4.07. The number of sulfonamides is 1. The molecule has 0 aliphatic rings. The summed E-state index contributed by atoms with van der Waals surface area (Å²) < 4.78 is 32.7. The number of ether oxygens (including phenoxy) is 1. The van der Waals surface area contributed by atoms with Crippen LogP contribution in [0.25, 0.3) is 10.9 Å². The topological polar surface area (TPSA) is 97.4 Å². The van der Waals surface area contributed by atoms with E-state index in [1.54, 1.807) is 62.5 Å². The molecule has 2 N–H and O–H groups in total. The van der Waals surface area contributed by atoms with Gasteiger partial charge in [-0.3, -0.25) is 9.78 Å². The van der Waals surface area contributed by atoms with Crippen molar-refractivity contribution in [1.29, 1.82) is 0 Å². The van der Waals surface area contributed by atoms with Gasteiger partial charge in [0.1, 0.15) is 11.3 Å². The lowest BCUT2D eigenvalue weighted by Gasteiger charge is -2.14. The van der Waals surface area contributed by atoms with Crippen molar-refractivity contribution in [1.82, 2.24) is 15.0 Å². The highest BCUT2D eigenvalue weighted by Gasteiger charge is 2.16. The summed E-state index contributed by atoms with van der Waals surface area (Å²) in [6.45, 7) is 3.52. The minimum atomic E-state index is -3.47. The maximum absolute atomic E-state index is 12.3. The Labute approximate surface area is 186 Å². The Morgan fingerprint density at radius 1 is 1.10 bits per heavy atom. The van der Waals surface area contributed by atoms with Crippen LogP contribution in [0, 0.1) is 0 Å². The average Bonchev–Trinajstić information content (AvgIpc) is 2.71. The Balaban J connectivity index is 1.62. The molecule has 3 aromatic rings. The first-order valence-electron chi connectivity index (χ1n) is 9.74. The van der Waals surface area contributed by atoms with Crippen LogP contribution in [0.5, 0.6) is 5.75 Å². The SMILES string of the molecule is CC(C)NS(=O)(=O)Cc1ccccc1CNC(=O)COc1ccc(Cl)c2cccnc12. The van der Waals surface area contributed by atoms with Gasteiger partial charge in [0.05, 0.1) is 10.8 Å². The molecule has 0 aliphatic carbocycles. The second kappa shape index (κ2) is 10.1. The number of benzene rings is 2. The number of pyridine rings is 1. The largest absolute Gasteiger partial charge is 0.481 e. The van der Waals surface area contributed by atoms with Crippen molar-refractivity contribution >= 4 is 38.4 Å². The molecule has 0 saturated carbocycles. The number of carbonyl (C=O) groups excluding carboxylic acids is 1. The zero-order chi connectivity index (χ0) is 22.4. The van der Waals surface area contributed by atoms with Gasteiger partial charge in [-0.1, -0.05) is 35.9 Å². The van der Waals surface area contributed by atoms with Crippen molar-refractivity contribution < 1.29 is 17.9 Å². The summed E-state index contributed by atoms with van der Waals surface area (Å²) in [4.78, 5) is 16.6. The van der Waals surface area contributed by atoms with E-state index in [1.165, 1.54) is 0 Å². The van der Waals surface area contributed by atoms with Crippen LogP contribution in [-0.4, -0.2) is 32.0 Å². The molecule has 0 spiro atoms. The zero-order valence-electron chi connectivity index (χ0n) is 17.3. The highest BCUT2D eigenvalue weighted by Crippen LogP contribution is 2.29. The first-order valence-corrected chi connectivity index (χ1v) is 11.8. The normalized spacial score (nSPS) is 11.6. The van der Waals surface area contributed by atoms with Crippen molar-refractivity contribution in [2.24, 2.45) is 0 Å². The first kappa shape index (κ1) is 23.0. The molecule has 9 heteroatoms. The van der Waals surface area contributed by atoms with Crippen molar-refractivity contribution in [2.45, 2.75) is 32.2 Å². The molecule has 31 heavy (non-hydrogen) atoms. The minimum absolute atomic E-state index is 0.157. The van der Waals surface area contributed by atoms with E-state index in [4.69, 9.17) is 16.3 Å². The Hall–Kier alpha value is -2.68. The number of hydrogen-bond donors (Lipinski definition) is 2. The number of nitrogens with zero attached hydrogens (tertiary/aromatic N) is 1. The molecule has 0 bridgehead atoms. The van der Waals surface area contributed by atoms with Crippen molar-refractivity contribution in [3.05, 3.63) is 70.9 Å². The molecule has 0 aliphatic heterocycles. The van der Waals surface area contributed by atoms with Gasteiger partial charge in [-0.2, -0.15) is 0 Å². The number of nitrogens with one attached hydrogen (secondary N) is 2. The third kappa shape index (κ3) is 6.40. The third-order valence-corrected chi connectivity index (χ3v) is 6.24. The zero-order valence-corrected chi connectivity index (χ0v) is 18.8. The van der Waals surface area contributed by atoms with E-state index in [2.05, 4.69) is 15.0 Å². The summed E-state index contributed by atoms with van der Waals surface area (Å²) in [5.41, 5.74) is 1.93. The molecular weight excluding hydrogens is 438 g/mol. The first-order chi connectivity index (χ1) is 14.7. The Morgan fingerprint density at radius 2 is 1.84 bits per heavy atom. The van der Waals surface area contributed by atoms with Gasteiger partial charge in [0.2, 0.25) is 10.0 Å². The predicted molar refractivity (Wildman–Crippen MR) is 121 cm³/mol. The minimum Gasteiger partial charge on any atom is -0.481 e. The van der Waals surface area contributed by atoms with E-state index < -0.39 is 10.0 Å². The maximum atomic E-state index is 12.3. The van der Waals surface area contributed by atoms with Gasteiger partial charge in [-0.25, -0.2) is 13.1 Å². The van der Waals surface area contributed by atoms with E-state index in [9.17, 15) is 13.2 Å². The van der Waals surface area contributed by atoms with Crippen LogP contribution < -0.4 is 14.8 Å². The molecule has 3 rings (SSSR count). The van der Waals surface area contributed by atoms with Gasteiger partial charge in [0, 0.05) is 24.2 Å². The van der Waals surface area contributed by atoms with E-state index in [0.717, 1.165) is 10.9 Å². The molecule has 0 fully saturated rings. The Morgan fingerprint density at radius 3 is 2.58 bits per heavy atom. The third-order valence-electron chi connectivity index (χ3n) is 4.39. The molecule has 0 atom stereocenters. The van der Waals surface area contributed by atoms with Crippen LogP contribution >= 0.6 is 11.6 Å². The monoisotopic (exact) mass is 461 g/mol. The van der Waals surface area contributed by atoms with Crippen LogP contribution in [0.15, 0.2) is 54.7 Å². The van der Waals surface area contributed by atoms with Gasteiger partial charge < -0.3 is 10.1 Å². The van der Waals surface area contributed by atoms with Crippen LogP contribution in [0.3, 0.4) is 0 Å². The molecule has 0 unspecified atom stereocenters. The number of aromatic nitrogens is 1. The second-order valence-corrected chi connectivity index (χ2v) is 9.47. The van der Waals surface area contributed by atoms with Crippen LogP contribution in [0.4, 0.5) is 0 Å². The van der Waals surface area contributed by atoms with Gasteiger partial charge in [0.25, 0.3) is 5.91 Å². The summed E-state index contributed by atoms with van der Waals surface area (Å²) in [5.74, 6) is -0.0331. The molecule has 2 aromatic carbocycles.